The number of ether oxygens (including phenoxy) is 1. The van der Waals surface area contributed by atoms with Crippen molar-refractivity contribution in [3.05, 3.63) is 24.3 Å². The molecule has 6 heteroatoms. The van der Waals surface area contributed by atoms with Gasteiger partial charge in [0.15, 0.2) is 0 Å². The molecule has 0 aliphatic carbocycles. The van der Waals surface area contributed by atoms with Gasteiger partial charge in [0.25, 0.3) is 0 Å². The molecule has 1 aromatic carbocycles. The number of sulfonamides is 1. The third kappa shape index (κ3) is 4.98. The number of quaternary nitrogens is 1. The van der Waals surface area contributed by atoms with Gasteiger partial charge in [-0.15, -0.1) is 0 Å². The van der Waals surface area contributed by atoms with Crippen LogP contribution in [0.25, 0.3) is 0 Å². The summed E-state index contributed by atoms with van der Waals surface area (Å²) in [6, 6.07) is 6.54. The molecule has 0 aromatic heterocycles. The van der Waals surface area contributed by atoms with Crippen LogP contribution >= 0.6 is 0 Å². The smallest absolute Gasteiger partial charge is 0.240 e. The van der Waals surface area contributed by atoms with E-state index in [1.807, 2.05) is 6.92 Å². The molecule has 0 unspecified atom stereocenters. The van der Waals surface area contributed by atoms with Gasteiger partial charge >= 0.3 is 0 Å². The van der Waals surface area contributed by atoms with Crippen molar-refractivity contribution in [2.45, 2.75) is 31.1 Å². The van der Waals surface area contributed by atoms with Crippen molar-refractivity contribution in [3.8, 4) is 5.75 Å². The van der Waals surface area contributed by atoms with Crippen LogP contribution < -0.4 is 14.4 Å². The van der Waals surface area contributed by atoms with Crippen LogP contribution in [-0.4, -0.2) is 41.2 Å². The van der Waals surface area contributed by atoms with Gasteiger partial charge in [0.05, 0.1) is 31.1 Å². The highest BCUT2D eigenvalue weighted by molar-refractivity contribution is 7.89. The van der Waals surface area contributed by atoms with E-state index in [0.717, 1.165) is 13.0 Å². The largest absolute Gasteiger partial charge is 0.494 e. The van der Waals surface area contributed by atoms with Gasteiger partial charge in [-0.2, -0.15) is 0 Å². The van der Waals surface area contributed by atoms with Crippen molar-refractivity contribution in [3.63, 3.8) is 0 Å². The Morgan fingerprint density at radius 1 is 1.19 bits per heavy atom. The van der Waals surface area contributed by atoms with Crippen molar-refractivity contribution in [1.82, 2.24) is 4.72 Å². The van der Waals surface area contributed by atoms with Crippen LogP contribution in [0.15, 0.2) is 29.2 Å². The van der Waals surface area contributed by atoms with Gasteiger partial charge in [0, 0.05) is 25.8 Å². The van der Waals surface area contributed by atoms with E-state index < -0.39 is 10.0 Å². The SMILES string of the molecule is CCOc1ccc(S(=O)(=O)NCCC[NH+]2CCCC2)cc1. The fraction of sp³-hybridized carbons (Fsp3) is 0.600. The van der Waals surface area contributed by atoms with Gasteiger partial charge in [-0.05, 0) is 31.2 Å². The van der Waals surface area contributed by atoms with Crippen molar-refractivity contribution in [2.24, 2.45) is 0 Å². The van der Waals surface area contributed by atoms with Gasteiger partial charge in [-0.25, -0.2) is 13.1 Å². The number of nitrogens with one attached hydrogen (secondary N) is 2. The molecule has 2 N–H and O–H groups in total. The number of hydrogen-bond donors (Lipinski definition) is 2. The summed E-state index contributed by atoms with van der Waals surface area (Å²) in [5.41, 5.74) is 0. The zero-order chi connectivity index (χ0) is 15.1. The summed E-state index contributed by atoms with van der Waals surface area (Å²) in [5, 5.41) is 0. The van der Waals surface area contributed by atoms with Gasteiger partial charge < -0.3 is 9.64 Å². The second-order valence-electron chi connectivity index (χ2n) is 5.36. The van der Waals surface area contributed by atoms with Crippen LogP contribution in [0.3, 0.4) is 0 Å². The predicted molar refractivity (Wildman–Crippen MR) is 82.2 cm³/mol. The van der Waals surface area contributed by atoms with E-state index in [0.29, 0.717) is 23.8 Å². The Kier molecular flexibility index (Phi) is 6.02. The van der Waals surface area contributed by atoms with Crippen LogP contribution in [0.5, 0.6) is 5.75 Å². The molecule has 0 atom stereocenters. The summed E-state index contributed by atoms with van der Waals surface area (Å²) in [4.78, 5) is 1.88. The maximum absolute atomic E-state index is 12.1. The third-order valence-corrected chi connectivity index (χ3v) is 5.23. The Labute approximate surface area is 127 Å². The quantitative estimate of drug-likeness (QED) is 0.685. The second kappa shape index (κ2) is 7.77. The van der Waals surface area contributed by atoms with Gasteiger partial charge in [0.2, 0.25) is 10.0 Å². The van der Waals surface area contributed by atoms with E-state index in [4.69, 9.17) is 4.74 Å². The minimum Gasteiger partial charge on any atom is -0.494 e. The molecule has 2 rings (SSSR count). The average molecular weight is 313 g/mol. The molecule has 118 valence electrons. The molecule has 0 spiro atoms. The van der Waals surface area contributed by atoms with Crippen molar-refractivity contribution in [2.75, 3.05) is 32.8 Å². The van der Waals surface area contributed by atoms with Crippen molar-refractivity contribution in [1.29, 1.82) is 0 Å². The molecule has 1 heterocycles. The maximum Gasteiger partial charge on any atom is 0.240 e. The molecule has 0 saturated carbocycles. The Hall–Kier alpha value is -1.11. The third-order valence-electron chi connectivity index (χ3n) is 3.75. The second-order valence-corrected chi connectivity index (χ2v) is 7.13. The highest BCUT2D eigenvalue weighted by atomic mass is 32.2. The summed E-state index contributed by atoms with van der Waals surface area (Å²) in [6.45, 7) is 6.47. The average Bonchev–Trinajstić information content (AvgIpc) is 2.98. The lowest BCUT2D eigenvalue weighted by atomic mass is 10.3. The first-order valence-electron chi connectivity index (χ1n) is 7.68. The Morgan fingerprint density at radius 3 is 2.48 bits per heavy atom. The molecule has 1 aliphatic heterocycles. The number of likely N-dealkylation sites (tertiary alicyclic amines) is 1. The monoisotopic (exact) mass is 313 g/mol. The number of hydrogen-bond acceptors (Lipinski definition) is 3. The first-order valence-corrected chi connectivity index (χ1v) is 9.16. The molecule has 1 fully saturated rings. The molecule has 0 amide bonds. The van der Waals surface area contributed by atoms with Crippen LogP contribution in [0.4, 0.5) is 0 Å². The predicted octanol–water partition coefficient (Wildman–Crippen LogP) is 0.432. The van der Waals surface area contributed by atoms with Gasteiger partial charge in [-0.1, -0.05) is 0 Å². The zero-order valence-corrected chi connectivity index (χ0v) is 13.4. The van der Waals surface area contributed by atoms with E-state index >= 15 is 0 Å². The molecule has 1 saturated heterocycles. The molecule has 0 bridgehead atoms. The van der Waals surface area contributed by atoms with Crippen LogP contribution in [-0.2, 0) is 10.0 Å². The lowest BCUT2D eigenvalue weighted by molar-refractivity contribution is -0.887. The minimum atomic E-state index is -3.40. The van der Waals surface area contributed by atoms with E-state index in [2.05, 4.69) is 4.72 Å². The maximum atomic E-state index is 12.1. The molecular weight excluding hydrogens is 288 g/mol. The summed E-state index contributed by atoms with van der Waals surface area (Å²) >= 11 is 0. The zero-order valence-electron chi connectivity index (χ0n) is 12.6. The fourth-order valence-corrected chi connectivity index (χ4v) is 3.71. The van der Waals surface area contributed by atoms with E-state index in [9.17, 15) is 8.42 Å². The number of rotatable bonds is 8. The molecule has 0 radical (unpaired) electrons. The number of benzene rings is 1. The lowest BCUT2D eigenvalue weighted by Gasteiger charge is -2.12. The molecule has 1 aromatic rings. The molecular formula is C15H25N2O3S+. The summed E-state index contributed by atoms with van der Waals surface area (Å²) in [5.74, 6) is 0.689. The summed E-state index contributed by atoms with van der Waals surface area (Å²) in [7, 11) is -3.40. The Morgan fingerprint density at radius 2 is 1.86 bits per heavy atom. The summed E-state index contributed by atoms with van der Waals surface area (Å²) in [6.07, 6.45) is 3.48. The normalized spacial score (nSPS) is 16.2. The Bertz CT molecular complexity index is 522. The van der Waals surface area contributed by atoms with E-state index in [1.165, 1.54) is 25.9 Å². The van der Waals surface area contributed by atoms with Gasteiger partial charge in [-0.3, -0.25) is 0 Å². The fourth-order valence-electron chi connectivity index (χ4n) is 2.63. The van der Waals surface area contributed by atoms with E-state index in [-0.39, 0.29) is 0 Å². The molecule has 1 aliphatic rings. The van der Waals surface area contributed by atoms with Crippen LogP contribution in [0.1, 0.15) is 26.2 Å². The highest BCUT2D eigenvalue weighted by Gasteiger charge is 2.16. The highest BCUT2D eigenvalue weighted by Crippen LogP contribution is 2.15. The topological polar surface area (TPSA) is 59.8 Å². The van der Waals surface area contributed by atoms with Crippen LogP contribution in [0, 0.1) is 0 Å². The van der Waals surface area contributed by atoms with Crippen LogP contribution in [0.2, 0.25) is 0 Å². The standard InChI is InChI=1S/C15H24N2O3S/c1-2-20-14-6-8-15(9-7-14)21(18,19)16-10-5-13-17-11-3-4-12-17/h6-9,16H,2-5,10-13H2,1H3/p+1. The van der Waals surface area contributed by atoms with Crippen molar-refractivity contribution < 1.29 is 18.1 Å². The lowest BCUT2D eigenvalue weighted by Crippen LogP contribution is -3.10. The summed E-state index contributed by atoms with van der Waals surface area (Å²) < 4.78 is 32.3. The first kappa shape index (κ1) is 16.3. The molecule has 21 heavy (non-hydrogen) atoms. The van der Waals surface area contributed by atoms with Gasteiger partial charge in [0.1, 0.15) is 5.75 Å². The first-order chi connectivity index (χ1) is 10.1. The minimum absolute atomic E-state index is 0.291. The van der Waals surface area contributed by atoms with E-state index in [1.54, 1.807) is 29.2 Å². The van der Waals surface area contributed by atoms with Crippen molar-refractivity contribution >= 4 is 10.0 Å². The Balaban J connectivity index is 1.80. The molecule has 5 nitrogen and oxygen atoms in total.